The first-order valence-corrected chi connectivity index (χ1v) is 14.1. The third-order valence-electron chi connectivity index (χ3n) is 9.16. The first-order valence-electron chi connectivity index (χ1n) is 14.1. The molecule has 2 aliphatic heterocycles. The second kappa shape index (κ2) is 9.52. The number of anilines is 2. The average Bonchev–Trinajstić information content (AvgIpc) is 3.65. The number of benzene rings is 2. The number of carbonyl (C=O) groups is 1. The van der Waals surface area contributed by atoms with Crippen molar-refractivity contribution in [2.24, 2.45) is 11.8 Å². The van der Waals surface area contributed by atoms with E-state index in [9.17, 15) is 4.79 Å². The molecule has 35 heavy (non-hydrogen) atoms. The highest BCUT2D eigenvalue weighted by Crippen LogP contribution is 2.44. The van der Waals surface area contributed by atoms with Crippen LogP contribution in [0.3, 0.4) is 0 Å². The van der Waals surface area contributed by atoms with Gasteiger partial charge in [-0.25, -0.2) is 0 Å². The standard InChI is InChI=1S/C31H41N3O/c1-20-10-9-12-24-19-26(32-28(20)24)31(35)33-29(22-16-17-22)30-21(2)18-23-11-7-8-15-27(23)34(30)25-13-5-3-4-6-14-25/h7-12,15,21-22,25-26,29-30,32H,3-6,13-14,16-19H2,1-2H3,(H,33,35). The number of hydrogen-bond acceptors (Lipinski definition) is 3. The van der Waals surface area contributed by atoms with Gasteiger partial charge in [-0.3, -0.25) is 4.79 Å². The maximum atomic E-state index is 13.7. The Bertz CT molecular complexity index is 1070. The molecule has 2 aliphatic carbocycles. The fraction of sp³-hybridized carbons (Fsp3) is 0.581. The third kappa shape index (κ3) is 4.45. The minimum Gasteiger partial charge on any atom is -0.373 e. The number of hydrogen-bond donors (Lipinski definition) is 2. The van der Waals surface area contributed by atoms with Gasteiger partial charge in [-0.05, 0) is 73.6 Å². The van der Waals surface area contributed by atoms with Crippen LogP contribution < -0.4 is 15.5 Å². The normalized spacial score (nSPS) is 27.4. The van der Waals surface area contributed by atoms with E-state index in [1.807, 2.05) is 0 Å². The molecule has 0 bridgehead atoms. The van der Waals surface area contributed by atoms with Crippen molar-refractivity contribution >= 4 is 17.3 Å². The molecule has 0 radical (unpaired) electrons. The van der Waals surface area contributed by atoms with Crippen molar-refractivity contribution in [1.29, 1.82) is 0 Å². The lowest BCUT2D eigenvalue weighted by atomic mass is 9.79. The number of rotatable bonds is 5. The number of nitrogens with one attached hydrogen (secondary N) is 2. The molecule has 4 unspecified atom stereocenters. The molecule has 2 N–H and O–H groups in total. The molecule has 1 amide bonds. The van der Waals surface area contributed by atoms with Gasteiger partial charge in [-0.1, -0.05) is 69.0 Å². The van der Waals surface area contributed by atoms with Gasteiger partial charge in [0.05, 0.1) is 12.1 Å². The van der Waals surface area contributed by atoms with Crippen LogP contribution in [0, 0.1) is 18.8 Å². The Morgan fingerprint density at radius 2 is 1.69 bits per heavy atom. The molecule has 4 heteroatoms. The summed E-state index contributed by atoms with van der Waals surface area (Å²) in [6.45, 7) is 4.56. The van der Waals surface area contributed by atoms with Crippen LogP contribution in [0.2, 0.25) is 0 Å². The average molecular weight is 472 g/mol. The Hall–Kier alpha value is -2.49. The van der Waals surface area contributed by atoms with E-state index >= 15 is 0 Å². The van der Waals surface area contributed by atoms with Crippen molar-refractivity contribution < 1.29 is 4.79 Å². The Kier molecular flexibility index (Phi) is 6.24. The van der Waals surface area contributed by atoms with E-state index in [0.29, 0.717) is 23.9 Å². The van der Waals surface area contributed by atoms with Crippen molar-refractivity contribution in [3.05, 3.63) is 59.2 Å². The predicted octanol–water partition coefficient (Wildman–Crippen LogP) is 6.02. The lowest BCUT2D eigenvalue weighted by Crippen LogP contribution is -2.62. The molecular formula is C31H41N3O. The fourth-order valence-electron chi connectivity index (χ4n) is 7.25. The lowest BCUT2D eigenvalue weighted by molar-refractivity contribution is -0.122. The van der Waals surface area contributed by atoms with Gasteiger partial charge in [0.25, 0.3) is 0 Å². The van der Waals surface area contributed by atoms with Gasteiger partial charge in [-0.15, -0.1) is 0 Å². The van der Waals surface area contributed by atoms with Crippen LogP contribution in [0.25, 0.3) is 0 Å². The molecule has 2 fully saturated rings. The van der Waals surface area contributed by atoms with Crippen molar-refractivity contribution in [2.75, 3.05) is 10.2 Å². The zero-order chi connectivity index (χ0) is 23.9. The topological polar surface area (TPSA) is 44.4 Å². The van der Waals surface area contributed by atoms with E-state index in [2.05, 4.69) is 71.8 Å². The lowest BCUT2D eigenvalue weighted by Gasteiger charge is -2.50. The molecule has 4 atom stereocenters. The first-order chi connectivity index (χ1) is 17.1. The molecule has 2 heterocycles. The van der Waals surface area contributed by atoms with Gasteiger partial charge in [0.1, 0.15) is 6.04 Å². The van der Waals surface area contributed by atoms with E-state index in [1.165, 1.54) is 73.7 Å². The van der Waals surface area contributed by atoms with Crippen LogP contribution in [0.4, 0.5) is 11.4 Å². The Labute approximate surface area is 210 Å². The summed E-state index contributed by atoms with van der Waals surface area (Å²) in [7, 11) is 0. The zero-order valence-electron chi connectivity index (χ0n) is 21.4. The van der Waals surface area contributed by atoms with Gasteiger partial charge in [0, 0.05) is 23.8 Å². The monoisotopic (exact) mass is 471 g/mol. The van der Waals surface area contributed by atoms with E-state index < -0.39 is 0 Å². The summed E-state index contributed by atoms with van der Waals surface area (Å²) in [6.07, 6.45) is 12.3. The number of para-hydroxylation sites is 2. The summed E-state index contributed by atoms with van der Waals surface area (Å²) in [4.78, 5) is 16.5. The highest BCUT2D eigenvalue weighted by Gasteiger charge is 2.47. The Morgan fingerprint density at radius 3 is 2.43 bits per heavy atom. The zero-order valence-corrected chi connectivity index (χ0v) is 21.4. The molecule has 186 valence electrons. The molecule has 4 nitrogen and oxygen atoms in total. The minimum absolute atomic E-state index is 0.162. The molecule has 2 aromatic carbocycles. The Balaban J connectivity index is 1.29. The molecule has 0 aromatic heterocycles. The van der Waals surface area contributed by atoms with E-state index in [-0.39, 0.29) is 18.0 Å². The van der Waals surface area contributed by atoms with E-state index in [1.54, 1.807) is 0 Å². The summed E-state index contributed by atoms with van der Waals surface area (Å²) in [5.74, 6) is 1.31. The van der Waals surface area contributed by atoms with Gasteiger partial charge in [0.2, 0.25) is 5.91 Å². The predicted molar refractivity (Wildman–Crippen MR) is 144 cm³/mol. The molecule has 6 rings (SSSR count). The van der Waals surface area contributed by atoms with Crippen molar-refractivity contribution in [1.82, 2.24) is 5.32 Å². The van der Waals surface area contributed by atoms with Crippen molar-refractivity contribution in [3.8, 4) is 0 Å². The van der Waals surface area contributed by atoms with Gasteiger partial charge >= 0.3 is 0 Å². The van der Waals surface area contributed by atoms with E-state index in [0.717, 1.165) is 18.5 Å². The van der Waals surface area contributed by atoms with Crippen LogP contribution in [-0.2, 0) is 17.6 Å². The summed E-state index contributed by atoms with van der Waals surface area (Å²) < 4.78 is 0. The number of fused-ring (bicyclic) bond motifs is 2. The minimum atomic E-state index is -0.162. The fourth-order valence-corrected chi connectivity index (χ4v) is 7.25. The van der Waals surface area contributed by atoms with Crippen molar-refractivity contribution in [2.45, 2.75) is 102 Å². The maximum absolute atomic E-state index is 13.7. The SMILES string of the molecule is Cc1cccc2c1NC(C(=O)NC(C1CC1)C1C(C)Cc3ccccc3N1C1CCCCCC1)C2. The first kappa shape index (κ1) is 22.9. The maximum Gasteiger partial charge on any atom is 0.243 e. The third-order valence-corrected chi connectivity index (χ3v) is 9.16. The number of amides is 1. The van der Waals surface area contributed by atoms with Gasteiger partial charge in [0.15, 0.2) is 0 Å². The molecular weight excluding hydrogens is 430 g/mol. The van der Waals surface area contributed by atoms with E-state index in [4.69, 9.17) is 0 Å². The smallest absolute Gasteiger partial charge is 0.243 e. The number of nitrogens with zero attached hydrogens (tertiary/aromatic N) is 1. The van der Waals surface area contributed by atoms with Crippen LogP contribution in [0.1, 0.15) is 75.0 Å². The van der Waals surface area contributed by atoms with Crippen molar-refractivity contribution in [3.63, 3.8) is 0 Å². The summed E-state index contributed by atoms with van der Waals surface area (Å²) in [5.41, 5.74) is 6.59. The quantitative estimate of drug-likeness (QED) is 0.525. The highest BCUT2D eigenvalue weighted by atomic mass is 16.2. The second-order valence-corrected chi connectivity index (χ2v) is 11.7. The van der Waals surface area contributed by atoms with Crippen LogP contribution in [0.5, 0.6) is 0 Å². The summed E-state index contributed by atoms with van der Waals surface area (Å²) >= 11 is 0. The van der Waals surface area contributed by atoms with Crippen LogP contribution in [-0.4, -0.2) is 30.1 Å². The number of carbonyl (C=O) groups excluding carboxylic acids is 1. The molecule has 4 aliphatic rings. The Morgan fingerprint density at radius 1 is 0.943 bits per heavy atom. The molecule has 2 saturated carbocycles. The highest BCUT2D eigenvalue weighted by molar-refractivity contribution is 5.88. The largest absolute Gasteiger partial charge is 0.373 e. The second-order valence-electron chi connectivity index (χ2n) is 11.7. The molecule has 0 saturated heterocycles. The van der Waals surface area contributed by atoms with Gasteiger partial charge < -0.3 is 15.5 Å². The van der Waals surface area contributed by atoms with Crippen LogP contribution in [0.15, 0.2) is 42.5 Å². The molecule has 0 spiro atoms. The summed E-state index contributed by atoms with van der Waals surface area (Å²) in [5, 5.41) is 7.20. The molecule has 2 aromatic rings. The van der Waals surface area contributed by atoms with Gasteiger partial charge in [-0.2, -0.15) is 0 Å². The summed E-state index contributed by atoms with van der Waals surface area (Å²) in [6, 6.07) is 16.5. The van der Waals surface area contributed by atoms with Crippen LogP contribution >= 0.6 is 0 Å². The number of aryl methyl sites for hydroxylation is 1.